The van der Waals surface area contributed by atoms with Crippen molar-refractivity contribution >= 4 is 15.7 Å². The molecule has 1 amide bonds. The van der Waals surface area contributed by atoms with E-state index in [9.17, 15) is 13.2 Å². The first-order valence-electron chi connectivity index (χ1n) is 11.7. The highest BCUT2D eigenvalue weighted by atomic mass is 32.2. The molecular formula is C26H40N2O3S. The van der Waals surface area contributed by atoms with Crippen LogP contribution in [0.4, 0.5) is 0 Å². The summed E-state index contributed by atoms with van der Waals surface area (Å²) in [6, 6.07) is 3.93. The van der Waals surface area contributed by atoms with Crippen LogP contribution in [0.2, 0.25) is 0 Å². The summed E-state index contributed by atoms with van der Waals surface area (Å²) < 4.78 is 27.2. The van der Waals surface area contributed by atoms with Crippen molar-refractivity contribution in [2.75, 3.05) is 6.54 Å². The lowest BCUT2D eigenvalue weighted by molar-refractivity contribution is -0.120. The predicted octanol–water partition coefficient (Wildman–Crippen LogP) is 5.29. The quantitative estimate of drug-likeness (QED) is 0.367. The topological polar surface area (TPSA) is 89.3 Å². The van der Waals surface area contributed by atoms with Crippen LogP contribution in [0.1, 0.15) is 102 Å². The van der Waals surface area contributed by atoms with Gasteiger partial charge < -0.3 is 11.1 Å². The summed E-state index contributed by atoms with van der Waals surface area (Å²) in [5, 5.41) is 1.11. The standard InChI is InChI=1S/C26H40N2O3S/c1-17(2)21-15-22(18(3)4)24(23(16-21)19(5)6)32(30,31)25(27)26(29)28-14-10-13-20-11-8-7-9-12-20/h7-8,12,15-19,25H,9-11,13-14,27H2,1-6H3,(H,28,29). The molecule has 0 fully saturated rings. The summed E-state index contributed by atoms with van der Waals surface area (Å²) in [7, 11) is -4.04. The number of benzene rings is 1. The Hall–Kier alpha value is -1.92. The van der Waals surface area contributed by atoms with Crippen LogP contribution in [0, 0.1) is 0 Å². The number of nitrogens with one attached hydrogen (secondary N) is 1. The van der Waals surface area contributed by atoms with Crippen LogP contribution in [0.3, 0.4) is 0 Å². The van der Waals surface area contributed by atoms with Crippen molar-refractivity contribution in [1.82, 2.24) is 5.32 Å². The number of carbonyl (C=O) groups excluding carboxylic acids is 1. The molecule has 0 aromatic heterocycles. The second-order valence-electron chi connectivity index (χ2n) is 9.63. The monoisotopic (exact) mass is 460 g/mol. The molecule has 0 saturated heterocycles. The largest absolute Gasteiger partial charge is 0.354 e. The summed E-state index contributed by atoms with van der Waals surface area (Å²) in [6.07, 6.45) is 10.0. The Bertz CT molecular complexity index is 944. The highest BCUT2D eigenvalue weighted by molar-refractivity contribution is 7.92. The molecule has 0 radical (unpaired) electrons. The minimum atomic E-state index is -4.04. The molecule has 1 atom stereocenters. The highest BCUT2D eigenvalue weighted by Gasteiger charge is 2.35. The maximum atomic E-state index is 13.6. The minimum absolute atomic E-state index is 0.0101. The minimum Gasteiger partial charge on any atom is -0.354 e. The van der Waals surface area contributed by atoms with Crippen molar-refractivity contribution in [2.24, 2.45) is 5.73 Å². The molecule has 0 saturated carbocycles. The molecular weight excluding hydrogens is 420 g/mol. The van der Waals surface area contributed by atoms with Crippen LogP contribution < -0.4 is 11.1 Å². The molecule has 0 spiro atoms. The number of sulfone groups is 1. The van der Waals surface area contributed by atoms with E-state index in [1.807, 2.05) is 39.8 Å². The van der Waals surface area contributed by atoms with Crippen LogP contribution in [0.5, 0.6) is 0 Å². The van der Waals surface area contributed by atoms with Gasteiger partial charge in [0.05, 0.1) is 4.90 Å². The van der Waals surface area contributed by atoms with Crippen molar-refractivity contribution in [1.29, 1.82) is 0 Å². The number of hydrogen-bond donors (Lipinski definition) is 2. The van der Waals surface area contributed by atoms with Crippen LogP contribution in [-0.2, 0) is 14.6 Å². The third-order valence-electron chi connectivity index (χ3n) is 6.02. The smallest absolute Gasteiger partial charge is 0.253 e. The number of carbonyl (C=O) groups is 1. The van der Waals surface area contributed by atoms with Crippen LogP contribution in [0.15, 0.2) is 40.8 Å². The average Bonchev–Trinajstić information content (AvgIpc) is 2.75. The molecule has 0 heterocycles. The van der Waals surface area contributed by atoms with Crippen molar-refractivity contribution < 1.29 is 13.2 Å². The van der Waals surface area contributed by atoms with Gasteiger partial charge in [-0.05, 0) is 60.1 Å². The molecule has 0 aliphatic heterocycles. The Morgan fingerprint density at radius 2 is 1.59 bits per heavy atom. The molecule has 1 aliphatic carbocycles. The molecule has 3 N–H and O–H groups in total. The first-order chi connectivity index (χ1) is 15.0. The Morgan fingerprint density at radius 3 is 2.06 bits per heavy atom. The summed E-state index contributed by atoms with van der Waals surface area (Å²) >= 11 is 0. The van der Waals surface area contributed by atoms with Gasteiger partial charge in [-0.15, -0.1) is 0 Å². The Balaban J connectivity index is 2.24. The molecule has 0 bridgehead atoms. The number of allylic oxidation sites excluding steroid dienone is 4. The average molecular weight is 461 g/mol. The molecule has 32 heavy (non-hydrogen) atoms. The molecule has 1 aromatic carbocycles. The summed E-state index contributed by atoms with van der Waals surface area (Å²) in [5.41, 5.74) is 9.99. The van der Waals surface area contributed by atoms with Gasteiger partial charge in [0.25, 0.3) is 5.91 Å². The summed E-state index contributed by atoms with van der Waals surface area (Å²) in [6.45, 7) is 12.5. The fourth-order valence-corrected chi connectivity index (χ4v) is 5.83. The zero-order valence-corrected chi connectivity index (χ0v) is 21.3. The third-order valence-corrected chi connectivity index (χ3v) is 7.94. The number of amides is 1. The van der Waals surface area contributed by atoms with Gasteiger partial charge >= 0.3 is 0 Å². The Kier molecular flexibility index (Phi) is 9.28. The Morgan fingerprint density at radius 1 is 1.00 bits per heavy atom. The normalized spacial score (nSPS) is 15.4. The maximum absolute atomic E-state index is 13.6. The molecule has 6 heteroatoms. The van der Waals surface area contributed by atoms with Crippen LogP contribution in [-0.4, -0.2) is 26.2 Å². The van der Waals surface area contributed by atoms with E-state index in [1.165, 1.54) is 5.57 Å². The third kappa shape index (κ3) is 6.32. The number of rotatable bonds is 10. The molecule has 1 aromatic rings. The van der Waals surface area contributed by atoms with E-state index in [0.29, 0.717) is 6.54 Å². The number of hydrogen-bond acceptors (Lipinski definition) is 4. The van der Waals surface area contributed by atoms with Gasteiger partial charge in [0.15, 0.2) is 5.37 Å². The summed E-state index contributed by atoms with van der Waals surface area (Å²) in [4.78, 5) is 12.9. The second kappa shape index (κ2) is 11.3. The molecule has 178 valence electrons. The van der Waals surface area contributed by atoms with Gasteiger partial charge in [0.2, 0.25) is 9.84 Å². The van der Waals surface area contributed by atoms with Gasteiger partial charge in [-0.25, -0.2) is 8.42 Å². The van der Waals surface area contributed by atoms with Gasteiger partial charge in [0.1, 0.15) is 0 Å². The van der Waals surface area contributed by atoms with Crippen LogP contribution >= 0.6 is 0 Å². The number of nitrogens with two attached hydrogens (primary N) is 1. The zero-order chi connectivity index (χ0) is 24.1. The first kappa shape index (κ1) is 26.3. The van der Waals surface area contributed by atoms with E-state index in [2.05, 4.69) is 37.4 Å². The van der Waals surface area contributed by atoms with E-state index in [-0.39, 0.29) is 22.6 Å². The van der Waals surface area contributed by atoms with E-state index >= 15 is 0 Å². The highest BCUT2D eigenvalue weighted by Crippen LogP contribution is 2.36. The Labute approximate surface area is 194 Å². The fourth-order valence-electron chi connectivity index (χ4n) is 3.97. The van der Waals surface area contributed by atoms with Crippen molar-refractivity contribution in [3.63, 3.8) is 0 Å². The van der Waals surface area contributed by atoms with Gasteiger partial charge in [0, 0.05) is 6.54 Å². The van der Waals surface area contributed by atoms with Crippen LogP contribution in [0.25, 0.3) is 0 Å². The summed E-state index contributed by atoms with van der Waals surface area (Å²) in [5.74, 6) is -0.388. The molecule has 2 rings (SSSR count). The van der Waals surface area contributed by atoms with Gasteiger partial charge in [-0.2, -0.15) is 0 Å². The van der Waals surface area contributed by atoms with E-state index in [1.54, 1.807) is 0 Å². The van der Waals surface area contributed by atoms with Crippen molar-refractivity contribution in [2.45, 2.75) is 95.2 Å². The van der Waals surface area contributed by atoms with Gasteiger partial charge in [-0.3, -0.25) is 4.79 Å². The lowest BCUT2D eigenvalue weighted by atomic mass is 9.89. The lowest BCUT2D eigenvalue weighted by Gasteiger charge is -2.24. The van der Waals surface area contributed by atoms with E-state index in [4.69, 9.17) is 5.73 Å². The van der Waals surface area contributed by atoms with Crippen molar-refractivity contribution in [3.05, 3.63) is 52.6 Å². The zero-order valence-electron chi connectivity index (χ0n) is 20.4. The first-order valence-corrected chi connectivity index (χ1v) is 13.3. The second-order valence-corrected chi connectivity index (χ2v) is 11.6. The SMILES string of the molecule is CC(C)c1cc(C(C)C)c(S(=O)(=O)C(N)C(=O)NCCCC2=CCC=CC2)c(C(C)C)c1. The van der Waals surface area contributed by atoms with Crippen molar-refractivity contribution in [3.8, 4) is 0 Å². The molecule has 5 nitrogen and oxygen atoms in total. The molecule has 1 aliphatic rings. The van der Waals surface area contributed by atoms with Gasteiger partial charge in [-0.1, -0.05) is 77.5 Å². The lowest BCUT2D eigenvalue weighted by Crippen LogP contribution is -2.46. The van der Waals surface area contributed by atoms with E-state index in [0.717, 1.165) is 42.4 Å². The maximum Gasteiger partial charge on any atom is 0.253 e. The molecule has 1 unspecified atom stereocenters. The fraction of sp³-hybridized carbons (Fsp3) is 0.577. The predicted molar refractivity (Wildman–Crippen MR) is 133 cm³/mol. The van der Waals surface area contributed by atoms with E-state index < -0.39 is 21.1 Å².